The molecule has 15 heavy (non-hydrogen) atoms. The van der Waals surface area contributed by atoms with Crippen molar-refractivity contribution >= 4 is 0 Å². The highest BCUT2D eigenvalue weighted by Gasteiger charge is 1.91. The molecule has 0 radical (unpaired) electrons. The van der Waals surface area contributed by atoms with Gasteiger partial charge in [0, 0.05) is 0 Å². The normalized spacial score (nSPS) is 14.5. The lowest BCUT2D eigenvalue weighted by molar-refractivity contribution is 0.227. The number of hydrogen-bond donors (Lipinski definition) is 1. The van der Waals surface area contributed by atoms with Crippen LogP contribution >= 0.6 is 0 Å². The molecular weight excluding hydrogens is 188 g/mol. The Morgan fingerprint density at radius 3 is 2.60 bits per heavy atom. The zero-order valence-corrected chi connectivity index (χ0v) is 9.04. The molecule has 0 saturated carbocycles. The van der Waals surface area contributed by atoms with Crippen molar-refractivity contribution in [2.75, 3.05) is 7.11 Å². The topological polar surface area (TPSA) is 29.5 Å². The molecule has 2 heteroatoms. The Morgan fingerprint density at radius 2 is 1.93 bits per heavy atom. The number of allylic oxidation sites excluding steroid dienone is 6. The van der Waals surface area contributed by atoms with Crippen molar-refractivity contribution in [3.63, 3.8) is 0 Å². The van der Waals surface area contributed by atoms with E-state index in [0.717, 1.165) is 0 Å². The molecule has 0 saturated heterocycles. The Labute approximate surface area is 91.6 Å². The molecule has 2 nitrogen and oxygen atoms in total. The lowest BCUT2D eigenvalue weighted by Crippen LogP contribution is -1.98. The highest BCUT2D eigenvalue weighted by molar-refractivity contribution is 5.11. The molecule has 0 aromatic carbocycles. The maximum absolute atomic E-state index is 9.43. The summed E-state index contributed by atoms with van der Waals surface area (Å²) in [5.41, 5.74) is 0. The summed E-state index contributed by atoms with van der Waals surface area (Å²) < 4.78 is 4.71. The molecule has 0 fully saturated rings. The first-order valence-electron chi connectivity index (χ1n) is 4.79. The van der Waals surface area contributed by atoms with Gasteiger partial charge in [-0.25, -0.2) is 0 Å². The molecule has 0 spiro atoms. The molecule has 1 unspecified atom stereocenters. The summed E-state index contributed by atoms with van der Waals surface area (Å²) in [5, 5.41) is 9.43. The second kappa shape index (κ2) is 10.5. The molecule has 0 aromatic rings. The summed E-state index contributed by atoms with van der Waals surface area (Å²) in [6.45, 7) is 3.54. The molecule has 0 aliphatic heterocycles. The van der Waals surface area contributed by atoms with Crippen LogP contribution in [0, 0.1) is 0 Å². The van der Waals surface area contributed by atoms with E-state index in [-0.39, 0.29) is 0 Å². The van der Waals surface area contributed by atoms with Gasteiger partial charge in [0.25, 0.3) is 0 Å². The third-order valence-electron chi connectivity index (χ3n) is 1.53. The van der Waals surface area contributed by atoms with Crippen LogP contribution in [0.15, 0.2) is 61.4 Å². The van der Waals surface area contributed by atoms with Crippen molar-refractivity contribution < 1.29 is 9.84 Å². The number of aliphatic hydroxyl groups excluding tert-OH is 1. The second-order valence-corrected chi connectivity index (χ2v) is 2.80. The summed E-state index contributed by atoms with van der Waals surface area (Å²) in [6, 6.07) is 0. The van der Waals surface area contributed by atoms with E-state index in [4.69, 9.17) is 4.74 Å². The fourth-order valence-electron chi connectivity index (χ4n) is 0.837. The van der Waals surface area contributed by atoms with E-state index in [9.17, 15) is 5.11 Å². The van der Waals surface area contributed by atoms with Gasteiger partial charge in [-0.1, -0.05) is 49.1 Å². The van der Waals surface area contributed by atoms with Gasteiger partial charge in [0.2, 0.25) is 0 Å². The Morgan fingerprint density at radius 1 is 1.20 bits per heavy atom. The van der Waals surface area contributed by atoms with Crippen LogP contribution in [0.4, 0.5) is 0 Å². The molecule has 0 bridgehead atoms. The van der Waals surface area contributed by atoms with E-state index >= 15 is 0 Å². The highest BCUT2D eigenvalue weighted by atomic mass is 16.5. The minimum atomic E-state index is -0.447. The zero-order chi connectivity index (χ0) is 11.4. The zero-order valence-electron chi connectivity index (χ0n) is 9.04. The van der Waals surface area contributed by atoms with E-state index < -0.39 is 6.10 Å². The lowest BCUT2D eigenvalue weighted by Gasteiger charge is -1.97. The molecule has 0 aliphatic rings. The summed E-state index contributed by atoms with van der Waals surface area (Å²) in [7, 11) is 1.59. The highest BCUT2D eigenvalue weighted by Crippen LogP contribution is 1.95. The summed E-state index contributed by atoms with van der Waals surface area (Å²) >= 11 is 0. The Balaban J connectivity index is 3.75. The molecule has 1 N–H and O–H groups in total. The largest absolute Gasteiger partial charge is 0.504 e. The Hall–Kier alpha value is -1.54. The van der Waals surface area contributed by atoms with E-state index in [2.05, 4.69) is 6.58 Å². The molecule has 1 atom stereocenters. The van der Waals surface area contributed by atoms with Gasteiger partial charge in [-0.2, -0.15) is 0 Å². The van der Waals surface area contributed by atoms with Crippen LogP contribution in [0.1, 0.15) is 6.42 Å². The summed E-state index contributed by atoms with van der Waals surface area (Å²) in [6.07, 6.45) is 16.1. The molecule has 0 aromatic heterocycles. The first kappa shape index (κ1) is 13.5. The summed E-state index contributed by atoms with van der Waals surface area (Å²) in [5.74, 6) is 0. The second-order valence-electron chi connectivity index (χ2n) is 2.80. The molecular formula is C13H18O2. The quantitative estimate of drug-likeness (QED) is 0.512. The third-order valence-corrected chi connectivity index (χ3v) is 1.53. The molecule has 0 amide bonds. The lowest BCUT2D eigenvalue weighted by atomic mass is 10.2. The van der Waals surface area contributed by atoms with Crippen LogP contribution in [0.2, 0.25) is 0 Å². The van der Waals surface area contributed by atoms with Gasteiger partial charge in [-0.3, -0.25) is 0 Å². The molecule has 0 aliphatic carbocycles. The van der Waals surface area contributed by atoms with Crippen LogP contribution in [0.3, 0.4) is 0 Å². The van der Waals surface area contributed by atoms with Crippen molar-refractivity contribution in [1.29, 1.82) is 0 Å². The maximum atomic E-state index is 9.43. The van der Waals surface area contributed by atoms with E-state index in [1.54, 1.807) is 37.7 Å². The number of methoxy groups -OCH3 is 1. The molecule has 0 rings (SSSR count). The average molecular weight is 206 g/mol. The Bertz CT molecular complexity index is 260. The van der Waals surface area contributed by atoms with Crippen LogP contribution in [-0.4, -0.2) is 18.3 Å². The van der Waals surface area contributed by atoms with Gasteiger partial charge in [0.05, 0.1) is 19.5 Å². The average Bonchev–Trinajstić information content (AvgIpc) is 2.23. The van der Waals surface area contributed by atoms with Crippen molar-refractivity contribution in [3.05, 3.63) is 61.4 Å². The van der Waals surface area contributed by atoms with Crippen LogP contribution < -0.4 is 0 Å². The maximum Gasteiger partial charge on any atom is 0.0824 e. The van der Waals surface area contributed by atoms with Crippen molar-refractivity contribution in [2.45, 2.75) is 12.5 Å². The number of hydrogen-bond acceptors (Lipinski definition) is 2. The first-order valence-corrected chi connectivity index (χ1v) is 4.79. The van der Waals surface area contributed by atoms with Gasteiger partial charge in [0.1, 0.15) is 0 Å². The first-order chi connectivity index (χ1) is 7.31. The van der Waals surface area contributed by atoms with Gasteiger partial charge in [-0.05, 0) is 12.5 Å². The predicted octanol–water partition coefficient (Wildman–Crippen LogP) is 2.75. The molecule has 82 valence electrons. The monoisotopic (exact) mass is 206 g/mol. The summed E-state index contributed by atoms with van der Waals surface area (Å²) in [4.78, 5) is 0. The standard InChI is InChI=1S/C13H18O2/c1-3-4-7-10-13(14)11-8-5-6-9-12-15-2/h3-9,11-14H,1,10H2,2H3/b6-5+,7-4+,11-8+,12-9+. The van der Waals surface area contributed by atoms with Crippen molar-refractivity contribution in [2.24, 2.45) is 0 Å². The van der Waals surface area contributed by atoms with Crippen LogP contribution in [0.5, 0.6) is 0 Å². The van der Waals surface area contributed by atoms with Gasteiger partial charge >= 0.3 is 0 Å². The van der Waals surface area contributed by atoms with E-state index in [0.29, 0.717) is 6.42 Å². The number of ether oxygens (including phenoxy) is 1. The van der Waals surface area contributed by atoms with Crippen molar-refractivity contribution in [1.82, 2.24) is 0 Å². The fourth-order valence-corrected chi connectivity index (χ4v) is 0.837. The van der Waals surface area contributed by atoms with Crippen LogP contribution in [0.25, 0.3) is 0 Å². The van der Waals surface area contributed by atoms with E-state index in [1.807, 2.05) is 24.3 Å². The van der Waals surface area contributed by atoms with Gasteiger partial charge < -0.3 is 9.84 Å². The SMILES string of the molecule is C=C/C=C/CC(O)/C=C/C=C/C=C/OC. The number of aliphatic hydroxyl groups is 1. The fraction of sp³-hybridized carbons (Fsp3) is 0.231. The third kappa shape index (κ3) is 10.4. The van der Waals surface area contributed by atoms with Gasteiger partial charge in [-0.15, -0.1) is 0 Å². The van der Waals surface area contributed by atoms with Crippen LogP contribution in [-0.2, 0) is 4.74 Å². The predicted molar refractivity (Wildman–Crippen MR) is 64.4 cm³/mol. The minimum Gasteiger partial charge on any atom is -0.504 e. The Kier molecular flexibility index (Phi) is 9.46. The molecule has 0 heterocycles. The van der Waals surface area contributed by atoms with Crippen molar-refractivity contribution in [3.8, 4) is 0 Å². The van der Waals surface area contributed by atoms with E-state index in [1.165, 1.54) is 0 Å². The van der Waals surface area contributed by atoms with Gasteiger partial charge in [0.15, 0.2) is 0 Å². The smallest absolute Gasteiger partial charge is 0.0824 e. The number of rotatable bonds is 7. The minimum absolute atomic E-state index is 0.447.